The lowest BCUT2D eigenvalue weighted by molar-refractivity contribution is 0.555. The molecule has 3 aromatic heterocycles. The van der Waals surface area contributed by atoms with Gasteiger partial charge in [0, 0.05) is 69.8 Å². The summed E-state index contributed by atoms with van der Waals surface area (Å²) in [5, 5.41) is 3.70. The van der Waals surface area contributed by atoms with Gasteiger partial charge in [0.1, 0.15) is 0 Å². The SMILES string of the molecule is CCc1ccccc1-c1cccc2c1Cc1cc(-c3cccc4c3c3cnccc3n4-c3ccccc3)ccc1N2C1(C)C=Cc2c(c3ccccc3n2-c2ccccc2)C1. The van der Waals surface area contributed by atoms with Crippen LogP contribution in [-0.4, -0.2) is 19.7 Å². The van der Waals surface area contributed by atoms with Crippen LogP contribution in [-0.2, 0) is 19.3 Å². The molecule has 0 bridgehead atoms. The maximum absolute atomic E-state index is 4.65. The second-order valence-electron chi connectivity index (χ2n) is 16.9. The fourth-order valence-corrected chi connectivity index (χ4v) is 10.7. The molecule has 0 saturated heterocycles. The molecule has 61 heavy (non-hydrogen) atoms. The molecule has 0 fully saturated rings. The highest BCUT2D eigenvalue weighted by Gasteiger charge is 2.40. The van der Waals surface area contributed by atoms with Gasteiger partial charge in [-0.15, -0.1) is 0 Å². The van der Waals surface area contributed by atoms with Gasteiger partial charge in [-0.2, -0.15) is 0 Å². The predicted octanol–water partition coefficient (Wildman–Crippen LogP) is 14.1. The first-order chi connectivity index (χ1) is 30.1. The number of para-hydroxylation sites is 3. The van der Waals surface area contributed by atoms with E-state index in [9.17, 15) is 0 Å². The molecule has 2 aliphatic rings. The van der Waals surface area contributed by atoms with Crippen molar-refractivity contribution in [3.05, 3.63) is 216 Å². The van der Waals surface area contributed by atoms with Crippen LogP contribution in [0.2, 0.25) is 0 Å². The third-order valence-corrected chi connectivity index (χ3v) is 13.4. The monoisotopic (exact) mass is 784 g/mol. The first-order valence-electron chi connectivity index (χ1n) is 21.5. The zero-order valence-corrected chi connectivity index (χ0v) is 34.4. The van der Waals surface area contributed by atoms with Crippen molar-refractivity contribution in [1.82, 2.24) is 14.1 Å². The van der Waals surface area contributed by atoms with Crippen molar-refractivity contribution in [3.8, 4) is 33.6 Å². The summed E-state index contributed by atoms with van der Waals surface area (Å²) in [6.07, 6.45) is 11.5. The average Bonchev–Trinajstić information content (AvgIpc) is 3.83. The summed E-state index contributed by atoms with van der Waals surface area (Å²) >= 11 is 0. The quantitative estimate of drug-likeness (QED) is 0.168. The van der Waals surface area contributed by atoms with Crippen molar-refractivity contribution < 1.29 is 0 Å². The Morgan fingerprint density at radius 1 is 0.574 bits per heavy atom. The Morgan fingerprint density at radius 3 is 2.10 bits per heavy atom. The molecule has 1 atom stereocenters. The lowest BCUT2D eigenvalue weighted by Gasteiger charge is -2.47. The molecule has 0 radical (unpaired) electrons. The molecule has 1 aliphatic heterocycles. The third-order valence-electron chi connectivity index (χ3n) is 13.4. The Morgan fingerprint density at radius 2 is 1.26 bits per heavy atom. The summed E-state index contributed by atoms with van der Waals surface area (Å²) in [6, 6.07) is 62.5. The summed E-state index contributed by atoms with van der Waals surface area (Å²) in [4.78, 5) is 7.32. The summed E-state index contributed by atoms with van der Waals surface area (Å²) in [6.45, 7) is 4.71. The topological polar surface area (TPSA) is 26.0 Å². The van der Waals surface area contributed by atoms with Crippen LogP contribution in [0.1, 0.15) is 41.8 Å². The molecule has 4 nitrogen and oxygen atoms in total. The van der Waals surface area contributed by atoms with Crippen LogP contribution >= 0.6 is 0 Å². The Labute approximate surface area is 356 Å². The molecule has 292 valence electrons. The molecule has 0 amide bonds. The van der Waals surface area contributed by atoms with Gasteiger partial charge in [-0.1, -0.05) is 122 Å². The highest BCUT2D eigenvalue weighted by molar-refractivity contribution is 6.15. The molecule has 1 unspecified atom stereocenters. The number of hydrogen-bond acceptors (Lipinski definition) is 2. The second kappa shape index (κ2) is 13.8. The number of hydrogen-bond donors (Lipinski definition) is 0. The van der Waals surface area contributed by atoms with Crippen molar-refractivity contribution in [2.24, 2.45) is 0 Å². The molecule has 12 rings (SSSR count). The molecule has 4 heterocycles. The number of nitrogens with zero attached hydrogens (tertiary/aromatic N) is 4. The van der Waals surface area contributed by atoms with Gasteiger partial charge in [0.05, 0.1) is 22.1 Å². The summed E-state index contributed by atoms with van der Waals surface area (Å²) in [5.41, 5.74) is 19.9. The molecule has 0 N–H and O–H groups in total. The van der Waals surface area contributed by atoms with E-state index in [4.69, 9.17) is 0 Å². The molecule has 10 aromatic rings. The molecule has 7 aromatic carbocycles. The van der Waals surface area contributed by atoms with Crippen LogP contribution < -0.4 is 4.90 Å². The lowest BCUT2D eigenvalue weighted by atomic mass is 9.80. The second-order valence-corrected chi connectivity index (χ2v) is 16.9. The number of pyridine rings is 1. The Bertz CT molecular complexity index is 3370. The van der Waals surface area contributed by atoms with E-state index >= 15 is 0 Å². The average molecular weight is 785 g/mol. The van der Waals surface area contributed by atoms with Gasteiger partial charge in [0.2, 0.25) is 0 Å². The maximum Gasteiger partial charge on any atom is 0.0650 e. The predicted molar refractivity (Wildman–Crippen MR) is 255 cm³/mol. The van der Waals surface area contributed by atoms with Gasteiger partial charge in [-0.3, -0.25) is 4.98 Å². The molecule has 4 heteroatoms. The van der Waals surface area contributed by atoms with E-state index in [-0.39, 0.29) is 5.54 Å². The normalized spacial score (nSPS) is 15.6. The van der Waals surface area contributed by atoms with Gasteiger partial charge < -0.3 is 14.0 Å². The Kier molecular flexibility index (Phi) is 8.05. The van der Waals surface area contributed by atoms with Crippen LogP contribution in [0.15, 0.2) is 188 Å². The van der Waals surface area contributed by atoms with E-state index in [1.807, 2.05) is 12.4 Å². The minimum atomic E-state index is -0.359. The van der Waals surface area contributed by atoms with E-state index in [0.29, 0.717) is 0 Å². The minimum absolute atomic E-state index is 0.359. The third kappa shape index (κ3) is 5.41. The fraction of sp³-hybridized carbons (Fsp3) is 0.105. The van der Waals surface area contributed by atoms with E-state index in [0.717, 1.165) is 35.9 Å². The first-order valence-corrected chi connectivity index (χ1v) is 21.5. The Balaban J connectivity index is 1.07. The van der Waals surface area contributed by atoms with Crippen molar-refractivity contribution in [2.45, 2.75) is 38.6 Å². The van der Waals surface area contributed by atoms with Crippen molar-refractivity contribution in [3.63, 3.8) is 0 Å². The van der Waals surface area contributed by atoms with Crippen molar-refractivity contribution in [2.75, 3.05) is 4.90 Å². The molecule has 0 spiro atoms. The summed E-state index contributed by atoms with van der Waals surface area (Å²) < 4.78 is 4.82. The number of benzene rings is 7. The van der Waals surface area contributed by atoms with Crippen LogP contribution in [0.4, 0.5) is 11.4 Å². The number of aryl methyl sites for hydroxylation is 1. The molecule has 0 saturated carbocycles. The highest BCUT2D eigenvalue weighted by Crippen LogP contribution is 2.51. The van der Waals surface area contributed by atoms with Crippen LogP contribution in [0.25, 0.3) is 72.4 Å². The summed E-state index contributed by atoms with van der Waals surface area (Å²) in [5.74, 6) is 0. The lowest BCUT2D eigenvalue weighted by Crippen LogP contribution is -2.46. The molecular weight excluding hydrogens is 741 g/mol. The van der Waals surface area contributed by atoms with E-state index in [1.165, 1.54) is 89.1 Å². The summed E-state index contributed by atoms with van der Waals surface area (Å²) in [7, 11) is 0. The number of rotatable bonds is 6. The number of aromatic nitrogens is 3. The van der Waals surface area contributed by atoms with Crippen LogP contribution in [0.3, 0.4) is 0 Å². The van der Waals surface area contributed by atoms with E-state index in [1.54, 1.807) is 0 Å². The Hall–Kier alpha value is -7.43. The van der Waals surface area contributed by atoms with Gasteiger partial charge in [0.25, 0.3) is 0 Å². The molecular formula is C57H44N4. The zero-order valence-electron chi connectivity index (χ0n) is 34.4. The van der Waals surface area contributed by atoms with Gasteiger partial charge >= 0.3 is 0 Å². The largest absolute Gasteiger partial charge is 0.331 e. The smallest absolute Gasteiger partial charge is 0.0650 e. The zero-order chi connectivity index (χ0) is 40.7. The van der Waals surface area contributed by atoms with Gasteiger partial charge in [-0.05, 0) is 125 Å². The van der Waals surface area contributed by atoms with Gasteiger partial charge in [0.15, 0.2) is 0 Å². The van der Waals surface area contributed by atoms with Crippen LogP contribution in [0.5, 0.6) is 0 Å². The van der Waals surface area contributed by atoms with Crippen LogP contribution in [0, 0.1) is 0 Å². The number of fused-ring (bicyclic) bond motifs is 8. The minimum Gasteiger partial charge on any atom is -0.331 e. The van der Waals surface area contributed by atoms with Crippen molar-refractivity contribution in [1.29, 1.82) is 0 Å². The standard InChI is InChI=1S/C57H44N4/c1-3-38-16-10-11-21-43(38)45-24-15-26-54-47(45)35-40-34-39(44-23-14-27-55-56(44)49-37-58-33-31-53(49)60(55)42-19-8-5-9-20-42)28-29-50(40)61(54)57(2)32-30-52-48(36-57)46-22-12-13-25-51(46)59(52)41-17-6-4-7-18-41/h4-34,37H,3,35-36H2,1-2H3. The highest BCUT2D eigenvalue weighted by atomic mass is 15.2. The number of anilines is 2. The van der Waals surface area contributed by atoms with Crippen molar-refractivity contribution >= 4 is 50.2 Å². The molecule has 1 aliphatic carbocycles. The maximum atomic E-state index is 4.65. The van der Waals surface area contributed by atoms with E-state index < -0.39 is 0 Å². The fourth-order valence-electron chi connectivity index (χ4n) is 10.7. The van der Waals surface area contributed by atoms with E-state index in [2.05, 4.69) is 215 Å². The van der Waals surface area contributed by atoms with Gasteiger partial charge in [-0.25, -0.2) is 0 Å². The first kappa shape index (κ1) is 35.5.